The molecule has 0 aromatic rings. The van der Waals surface area contributed by atoms with Crippen molar-refractivity contribution in [3.8, 4) is 0 Å². The third kappa shape index (κ3) is 4.66. The number of hydrogen-bond acceptors (Lipinski definition) is 2. The molecule has 1 unspecified atom stereocenters. The Kier molecular flexibility index (Phi) is 5.32. The highest BCUT2D eigenvalue weighted by Gasteiger charge is 2.17. The molecule has 0 radical (unpaired) electrons. The molecule has 1 atom stereocenters. The first-order chi connectivity index (χ1) is 7.59. The fourth-order valence-electron chi connectivity index (χ4n) is 1.66. The van der Waals surface area contributed by atoms with Gasteiger partial charge in [0, 0.05) is 19.6 Å². The van der Waals surface area contributed by atoms with E-state index < -0.39 is 0 Å². The predicted octanol–water partition coefficient (Wildman–Crippen LogP) is 1.38. The number of allylic oxidation sites excluding steroid dienone is 1. The van der Waals surface area contributed by atoms with Crippen LogP contribution in [0.15, 0.2) is 16.6 Å². The lowest BCUT2D eigenvalue weighted by molar-refractivity contribution is 0.00530. The van der Waals surface area contributed by atoms with E-state index in [1.54, 1.807) is 0 Å². The summed E-state index contributed by atoms with van der Waals surface area (Å²) in [6.07, 6.45) is 3.39. The molecule has 1 aliphatic heterocycles. The SMILES string of the molecule is CC(C)=CCCN=C(N)N1CCOC(C)C1. The summed E-state index contributed by atoms with van der Waals surface area (Å²) in [5, 5.41) is 0. The molecular formula is C12H23N3O. The van der Waals surface area contributed by atoms with Crippen LogP contribution in [0.3, 0.4) is 0 Å². The zero-order valence-electron chi connectivity index (χ0n) is 10.6. The van der Waals surface area contributed by atoms with Crippen molar-refractivity contribution in [1.29, 1.82) is 0 Å². The van der Waals surface area contributed by atoms with Crippen molar-refractivity contribution in [1.82, 2.24) is 4.90 Å². The number of morpholine rings is 1. The van der Waals surface area contributed by atoms with Crippen LogP contribution in [0.25, 0.3) is 0 Å². The van der Waals surface area contributed by atoms with Gasteiger partial charge in [-0.25, -0.2) is 0 Å². The Balaban J connectivity index is 2.34. The maximum Gasteiger partial charge on any atom is 0.191 e. The van der Waals surface area contributed by atoms with Crippen molar-refractivity contribution < 1.29 is 4.74 Å². The quantitative estimate of drug-likeness (QED) is 0.342. The second-order valence-electron chi connectivity index (χ2n) is 4.44. The van der Waals surface area contributed by atoms with E-state index in [2.05, 4.69) is 36.7 Å². The van der Waals surface area contributed by atoms with Crippen LogP contribution in [0.1, 0.15) is 27.2 Å². The van der Waals surface area contributed by atoms with E-state index in [9.17, 15) is 0 Å². The van der Waals surface area contributed by atoms with Gasteiger partial charge in [0.05, 0.1) is 12.7 Å². The minimum absolute atomic E-state index is 0.250. The lowest BCUT2D eigenvalue weighted by atomic mass is 10.3. The van der Waals surface area contributed by atoms with Gasteiger partial charge < -0.3 is 15.4 Å². The maximum absolute atomic E-state index is 5.93. The van der Waals surface area contributed by atoms with Gasteiger partial charge in [-0.05, 0) is 27.2 Å². The summed E-state index contributed by atoms with van der Waals surface area (Å²) in [7, 11) is 0. The zero-order valence-corrected chi connectivity index (χ0v) is 10.6. The van der Waals surface area contributed by atoms with Crippen molar-refractivity contribution >= 4 is 5.96 Å². The molecule has 0 aliphatic carbocycles. The number of hydrogen-bond donors (Lipinski definition) is 1. The maximum atomic E-state index is 5.93. The van der Waals surface area contributed by atoms with Crippen LogP contribution in [-0.4, -0.2) is 43.2 Å². The van der Waals surface area contributed by atoms with E-state index in [1.165, 1.54) is 5.57 Å². The predicted molar refractivity (Wildman–Crippen MR) is 67.5 cm³/mol. The third-order valence-electron chi connectivity index (χ3n) is 2.52. The third-order valence-corrected chi connectivity index (χ3v) is 2.52. The highest BCUT2D eigenvalue weighted by Crippen LogP contribution is 2.03. The molecule has 4 heteroatoms. The first-order valence-corrected chi connectivity index (χ1v) is 5.89. The fraction of sp³-hybridized carbons (Fsp3) is 0.750. The van der Waals surface area contributed by atoms with Crippen molar-refractivity contribution in [3.63, 3.8) is 0 Å². The van der Waals surface area contributed by atoms with Crippen LogP contribution in [-0.2, 0) is 4.74 Å². The van der Waals surface area contributed by atoms with Crippen molar-refractivity contribution in [2.24, 2.45) is 10.7 Å². The number of ether oxygens (including phenoxy) is 1. The molecule has 16 heavy (non-hydrogen) atoms. The largest absolute Gasteiger partial charge is 0.375 e. The van der Waals surface area contributed by atoms with Gasteiger partial charge in [0.1, 0.15) is 0 Å². The monoisotopic (exact) mass is 225 g/mol. The minimum Gasteiger partial charge on any atom is -0.375 e. The van der Waals surface area contributed by atoms with Crippen molar-refractivity contribution in [3.05, 3.63) is 11.6 Å². The first kappa shape index (κ1) is 13.0. The molecule has 1 heterocycles. The molecule has 4 nitrogen and oxygen atoms in total. The lowest BCUT2D eigenvalue weighted by Gasteiger charge is -2.31. The summed E-state index contributed by atoms with van der Waals surface area (Å²) in [5.41, 5.74) is 7.25. The molecule has 1 rings (SSSR count). The number of nitrogens with zero attached hydrogens (tertiary/aromatic N) is 2. The minimum atomic E-state index is 0.250. The van der Waals surface area contributed by atoms with Gasteiger partial charge in [-0.1, -0.05) is 11.6 Å². The van der Waals surface area contributed by atoms with Crippen LogP contribution in [0, 0.1) is 0 Å². The molecule has 0 bridgehead atoms. The number of aliphatic imine (C=N–C) groups is 1. The summed E-state index contributed by atoms with van der Waals surface area (Å²) >= 11 is 0. The van der Waals surface area contributed by atoms with E-state index >= 15 is 0 Å². The summed E-state index contributed by atoms with van der Waals surface area (Å²) < 4.78 is 5.45. The molecule has 1 fully saturated rings. The average molecular weight is 225 g/mol. The van der Waals surface area contributed by atoms with Crippen LogP contribution < -0.4 is 5.73 Å². The number of nitrogens with two attached hydrogens (primary N) is 1. The molecule has 0 saturated carbocycles. The molecule has 2 N–H and O–H groups in total. The summed E-state index contributed by atoms with van der Waals surface area (Å²) in [6, 6.07) is 0. The molecule has 0 aromatic heterocycles. The van der Waals surface area contributed by atoms with Crippen molar-refractivity contribution in [2.75, 3.05) is 26.2 Å². The van der Waals surface area contributed by atoms with E-state index in [4.69, 9.17) is 10.5 Å². The summed E-state index contributed by atoms with van der Waals surface area (Å²) in [6.45, 7) is 9.45. The second-order valence-corrected chi connectivity index (χ2v) is 4.44. The Morgan fingerprint density at radius 1 is 1.56 bits per heavy atom. The molecule has 0 amide bonds. The molecule has 1 aliphatic rings. The Morgan fingerprint density at radius 3 is 2.94 bits per heavy atom. The van der Waals surface area contributed by atoms with Gasteiger partial charge in [0.25, 0.3) is 0 Å². The standard InChI is InChI=1S/C12H23N3O/c1-10(2)5-4-6-14-12(13)15-7-8-16-11(3)9-15/h5,11H,4,6-9H2,1-3H3,(H2,13,14). The highest BCUT2D eigenvalue weighted by molar-refractivity contribution is 5.78. The van der Waals surface area contributed by atoms with Gasteiger partial charge >= 0.3 is 0 Å². The van der Waals surface area contributed by atoms with E-state index in [0.717, 1.165) is 32.7 Å². The van der Waals surface area contributed by atoms with E-state index in [1.807, 2.05) is 0 Å². The molecule has 92 valence electrons. The van der Waals surface area contributed by atoms with Crippen LogP contribution in [0.4, 0.5) is 0 Å². The fourth-order valence-corrected chi connectivity index (χ4v) is 1.66. The van der Waals surface area contributed by atoms with Crippen LogP contribution in [0.5, 0.6) is 0 Å². The summed E-state index contributed by atoms with van der Waals surface area (Å²) in [4.78, 5) is 6.47. The topological polar surface area (TPSA) is 50.8 Å². The van der Waals surface area contributed by atoms with E-state index in [0.29, 0.717) is 5.96 Å². The van der Waals surface area contributed by atoms with Gasteiger partial charge in [-0.3, -0.25) is 4.99 Å². The van der Waals surface area contributed by atoms with Gasteiger partial charge in [0.2, 0.25) is 0 Å². The van der Waals surface area contributed by atoms with Crippen LogP contribution >= 0.6 is 0 Å². The van der Waals surface area contributed by atoms with Gasteiger partial charge in [-0.15, -0.1) is 0 Å². The van der Waals surface area contributed by atoms with Gasteiger partial charge in [0.15, 0.2) is 5.96 Å². The van der Waals surface area contributed by atoms with E-state index in [-0.39, 0.29) is 6.10 Å². The highest BCUT2D eigenvalue weighted by atomic mass is 16.5. The van der Waals surface area contributed by atoms with Crippen LogP contribution in [0.2, 0.25) is 0 Å². The average Bonchev–Trinajstić information content (AvgIpc) is 2.24. The lowest BCUT2D eigenvalue weighted by Crippen LogP contribution is -2.47. The Hall–Kier alpha value is -1.03. The smallest absolute Gasteiger partial charge is 0.191 e. The Bertz CT molecular complexity index is 269. The number of guanidine groups is 1. The molecule has 0 spiro atoms. The zero-order chi connectivity index (χ0) is 12.0. The Labute approximate surface area is 98.2 Å². The van der Waals surface area contributed by atoms with Crippen molar-refractivity contribution in [2.45, 2.75) is 33.3 Å². The first-order valence-electron chi connectivity index (χ1n) is 5.89. The molecular weight excluding hydrogens is 202 g/mol. The molecule has 1 saturated heterocycles. The molecule has 0 aromatic carbocycles. The Morgan fingerprint density at radius 2 is 2.31 bits per heavy atom. The summed E-state index contributed by atoms with van der Waals surface area (Å²) in [5.74, 6) is 0.650. The normalized spacial score (nSPS) is 22.1. The van der Waals surface area contributed by atoms with Gasteiger partial charge in [-0.2, -0.15) is 0 Å². The second kappa shape index (κ2) is 6.53. The number of rotatable bonds is 3.